The van der Waals surface area contributed by atoms with E-state index in [9.17, 15) is 4.79 Å². The van der Waals surface area contributed by atoms with Gasteiger partial charge in [-0.3, -0.25) is 4.57 Å². The highest BCUT2D eigenvalue weighted by Crippen LogP contribution is 2.28. The fraction of sp³-hybridized carbons (Fsp3) is 0.524. The van der Waals surface area contributed by atoms with E-state index in [4.69, 9.17) is 0 Å². The molecule has 2 aromatic rings. The molecular formula is C21H28N2O. The summed E-state index contributed by atoms with van der Waals surface area (Å²) < 4.78 is 1.93. The Morgan fingerprint density at radius 3 is 2.21 bits per heavy atom. The maximum atomic E-state index is 12.7. The van der Waals surface area contributed by atoms with Crippen LogP contribution in [0.15, 0.2) is 35.1 Å². The second-order valence-electron chi connectivity index (χ2n) is 7.12. The fourth-order valence-electron chi connectivity index (χ4n) is 3.82. The van der Waals surface area contributed by atoms with E-state index in [2.05, 4.69) is 31.0 Å². The lowest BCUT2D eigenvalue weighted by atomic mass is 9.94. The van der Waals surface area contributed by atoms with Crippen LogP contribution in [-0.2, 0) is 12.8 Å². The van der Waals surface area contributed by atoms with Crippen LogP contribution in [-0.4, -0.2) is 9.55 Å². The molecule has 1 heterocycles. The first-order chi connectivity index (χ1) is 11.7. The summed E-state index contributed by atoms with van der Waals surface area (Å²) in [5.41, 5.74) is 4.41. The fourth-order valence-corrected chi connectivity index (χ4v) is 3.82. The van der Waals surface area contributed by atoms with Crippen molar-refractivity contribution in [1.82, 2.24) is 9.55 Å². The van der Waals surface area contributed by atoms with E-state index >= 15 is 0 Å². The molecule has 1 aliphatic rings. The van der Waals surface area contributed by atoms with Gasteiger partial charge >= 0.3 is 5.69 Å². The molecule has 128 valence electrons. The number of fused-ring (bicyclic) bond motifs is 1. The minimum absolute atomic E-state index is 0.0975. The van der Waals surface area contributed by atoms with E-state index in [0.29, 0.717) is 0 Å². The first kappa shape index (κ1) is 16.9. The third-order valence-corrected chi connectivity index (χ3v) is 4.99. The van der Waals surface area contributed by atoms with Gasteiger partial charge in [0.1, 0.15) is 0 Å². The van der Waals surface area contributed by atoms with Gasteiger partial charge in [-0.15, -0.1) is 0 Å². The SMILES string of the molecule is CC(C)n1c2c(c(-c3ccccc3)nc1=O)CCCCCCCC2. The van der Waals surface area contributed by atoms with Crippen molar-refractivity contribution in [2.45, 2.75) is 71.3 Å². The molecular weight excluding hydrogens is 296 g/mol. The standard InChI is InChI=1S/C21H28N2O/c1-16(2)23-19-15-11-6-4-3-5-10-14-18(19)20(22-21(23)24)17-12-8-7-9-13-17/h7-9,12-13,16H,3-6,10-11,14-15H2,1-2H3. The third kappa shape index (κ3) is 3.61. The molecule has 0 saturated carbocycles. The van der Waals surface area contributed by atoms with Crippen LogP contribution in [0.1, 0.15) is 69.7 Å². The van der Waals surface area contributed by atoms with Gasteiger partial charge in [-0.05, 0) is 45.1 Å². The minimum atomic E-state index is -0.0975. The van der Waals surface area contributed by atoms with E-state index in [0.717, 1.165) is 30.5 Å². The molecule has 0 saturated heterocycles. The van der Waals surface area contributed by atoms with Crippen LogP contribution in [0.4, 0.5) is 0 Å². The van der Waals surface area contributed by atoms with Gasteiger partial charge in [-0.1, -0.05) is 56.0 Å². The van der Waals surface area contributed by atoms with Crippen molar-refractivity contribution in [2.24, 2.45) is 0 Å². The van der Waals surface area contributed by atoms with Gasteiger partial charge in [0.15, 0.2) is 0 Å². The Morgan fingerprint density at radius 2 is 1.54 bits per heavy atom. The third-order valence-electron chi connectivity index (χ3n) is 4.99. The molecule has 0 spiro atoms. The molecule has 0 amide bonds. The first-order valence-electron chi connectivity index (χ1n) is 9.38. The van der Waals surface area contributed by atoms with Crippen molar-refractivity contribution in [3.8, 4) is 11.3 Å². The van der Waals surface area contributed by atoms with Crippen molar-refractivity contribution in [3.63, 3.8) is 0 Å². The number of aromatic nitrogens is 2. The topological polar surface area (TPSA) is 34.9 Å². The van der Waals surface area contributed by atoms with Crippen LogP contribution in [0.2, 0.25) is 0 Å². The number of nitrogens with zero attached hydrogens (tertiary/aromatic N) is 2. The zero-order valence-electron chi connectivity index (χ0n) is 14.9. The van der Waals surface area contributed by atoms with E-state index in [1.165, 1.54) is 43.4 Å². The van der Waals surface area contributed by atoms with Gasteiger partial charge < -0.3 is 0 Å². The van der Waals surface area contributed by atoms with Crippen LogP contribution in [0, 0.1) is 0 Å². The van der Waals surface area contributed by atoms with E-state index in [1.807, 2.05) is 22.8 Å². The summed E-state index contributed by atoms with van der Waals surface area (Å²) in [7, 11) is 0. The van der Waals surface area contributed by atoms with Gasteiger partial charge in [0.05, 0.1) is 5.69 Å². The molecule has 0 atom stereocenters. The lowest BCUT2D eigenvalue weighted by molar-refractivity contribution is 0.505. The summed E-state index contributed by atoms with van der Waals surface area (Å²) in [4.78, 5) is 17.2. The zero-order valence-corrected chi connectivity index (χ0v) is 14.9. The summed E-state index contributed by atoms with van der Waals surface area (Å²) >= 11 is 0. The van der Waals surface area contributed by atoms with Crippen molar-refractivity contribution >= 4 is 0 Å². The Bertz CT molecular complexity index is 731. The Hall–Kier alpha value is -1.90. The van der Waals surface area contributed by atoms with Crippen molar-refractivity contribution < 1.29 is 0 Å². The summed E-state index contributed by atoms with van der Waals surface area (Å²) in [6.45, 7) is 4.18. The highest BCUT2D eigenvalue weighted by Gasteiger charge is 2.19. The average molecular weight is 324 g/mol. The summed E-state index contributed by atoms with van der Waals surface area (Å²) in [6.07, 6.45) is 9.54. The van der Waals surface area contributed by atoms with Crippen LogP contribution < -0.4 is 5.69 Å². The Labute approximate surface area is 144 Å². The summed E-state index contributed by atoms with van der Waals surface area (Å²) in [5, 5.41) is 0. The van der Waals surface area contributed by atoms with Gasteiger partial charge in [-0.25, -0.2) is 4.79 Å². The van der Waals surface area contributed by atoms with Gasteiger partial charge in [0.25, 0.3) is 0 Å². The number of benzene rings is 1. The number of hydrogen-bond acceptors (Lipinski definition) is 2. The molecule has 3 rings (SSSR count). The lowest BCUT2D eigenvalue weighted by Gasteiger charge is -2.23. The first-order valence-corrected chi connectivity index (χ1v) is 9.38. The Kier molecular flexibility index (Phi) is 5.49. The van der Waals surface area contributed by atoms with Gasteiger partial charge in [0.2, 0.25) is 0 Å². The monoisotopic (exact) mass is 324 g/mol. The normalized spacial score (nSPS) is 16.0. The Balaban J connectivity index is 2.19. The molecule has 0 aliphatic heterocycles. The van der Waals surface area contributed by atoms with Crippen molar-refractivity contribution in [3.05, 3.63) is 52.1 Å². The minimum Gasteiger partial charge on any atom is -0.293 e. The molecule has 0 radical (unpaired) electrons. The molecule has 0 N–H and O–H groups in total. The van der Waals surface area contributed by atoms with Gasteiger partial charge in [0, 0.05) is 17.3 Å². The van der Waals surface area contributed by atoms with Gasteiger partial charge in [-0.2, -0.15) is 4.98 Å². The second kappa shape index (κ2) is 7.78. The largest absolute Gasteiger partial charge is 0.348 e. The smallest absolute Gasteiger partial charge is 0.293 e. The highest BCUT2D eigenvalue weighted by atomic mass is 16.1. The number of hydrogen-bond donors (Lipinski definition) is 0. The van der Waals surface area contributed by atoms with Crippen molar-refractivity contribution in [1.29, 1.82) is 0 Å². The second-order valence-corrected chi connectivity index (χ2v) is 7.12. The number of rotatable bonds is 2. The van der Waals surface area contributed by atoms with Crippen LogP contribution in [0.25, 0.3) is 11.3 Å². The van der Waals surface area contributed by atoms with E-state index in [-0.39, 0.29) is 11.7 Å². The van der Waals surface area contributed by atoms with Crippen molar-refractivity contribution in [2.75, 3.05) is 0 Å². The highest BCUT2D eigenvalue weighted by molar-refractivity contribution is 5.63. The van der Waals surface area contributed by atoms with E-state index < -0.39 is 0 Å². The van der Waals surface area contributed by atoms with E-state index in [1.54, 1.807) is 0 Å². The van der Waals surface area contributed by atoms with Crippen LogP contribution in [0.3, 0.4) is 0 Å². The quantitative estimate of drug-likeness (QED) is 0.785. The lowest BCUT2D eigenvalue weighted by Crippen LogP contribution is -2.30. The predicted molar refractivity (Wildman–Crippen MR) is 99.4 cm³/mol. The zero-order chi connectivity index (χ0) is 16.9. The van der Waals surface area contributed by atoms with Crippen LogP contribution in [0.5, 0.6) is 0 Å². The molecule has 0 bridgehead atoms. The molecule has 3 nitrogen and oxygen atoms in total. The maximum Gasteiger partial charge on any atom is 0.348 e. The molecule has 0 fully saturated rings. The maximum absolute atomic E-state index is 12.7. The summed E-state index contributed by atoms with van der Waals surface area (Å²) in [5.74, 6) is 0. The molecule has 24 heavy (non-hydrogen) atoms. The van der Waals surface area contributed by atoms with Crippen LogP contribution >= 0.6 is 0 Å². The predicted octanol–water partition coefficient (Wildman–Crippen LogP) is 4.93. The Morgan fingerprint density at radius 1 is 0.917 bits per heavy atom. The average Bonchev–Trinajstić information content (AvgIpc) is 2.59. The molecule has 0 unspecified atom stereocenters. The molecule has 1 aliphatic carbocycles. The molecule has 3 heteroatoms. The molecule has 1 aromatic heterocycles. The summed E-state index contributed by atoms with van der Waals surface area (Å²) in [6, 6.07) is 10.4. The molecule has 1 aromatic carbocycles.